The van der Waals surface area contributed by atoms with Gasteiger partial charge in [0.1, 0.15) is 18.5 Å². The van der Waals surface area contributed by atoms with Crippen LogP contribution in [0.15, 0.2) is 48.7 Å². The summed E-state index contributed by atoms with van der Waals surface area (Å²) in [6.45, 7) is 7.51. The number of aromatic nitrogens is 2. The van der Waals surface area contributed by atoms with Gasteiger partial charge in [0.05, 0.1) is 11.3 Å². The molecule has 9 nitrogen and oxygen atoms in total. The number of carbonyl (C=O) groups excluding carboxylic acids is 1. The van der Waals surface area contributed by atoms with Crippen LogP contribution < -0.4 is 10.1 Å². The van der Waals surface area contributed by atoms with Crippen LogP contribution in [0.25, 0.3) is 22.5 Å². The lowest BCUT2D eigenvalue weighted by atomic mass is 10.1. The van der Waals surface area contributed by atoms with Crippen molar-refractivity contribution in [2.75, 3.05) is 32.8 Å². The van der Waals surface area contributed by atoms with Crippen LogP contribution >= 0.6 is 0 Å². The zero-order valence-corrected chi connectivity index (χ0v) is 21.6. The van der Waals surface area contributed by atoms with Crippen molar-refractivity contribution in [2.24, 2.45) is 0 Å². The van der Waals surface area contributed by atoms with E-state index >= 15 is 0 Å². The predicted octanol–water partition coefficient (Wildman–Crippen LogP) is 3.74. The minimum atomic E-state index is -5.08. The number of fused-ring (bicyclic) bond motifs is 1. The molecule has 0 spiro atoms. The summed E-state index contributed by atoms with van der Waals surface area (Å²) in [6.07, 6.45) is -3.02. The number of H-pyrrole nitrogens is 1. The number of aliphatic hydroxyl groups is 1. The molecule has 1 amide bonds. The Bertz CT molecular complexity index is 1260. The van der Waals surface area contributed by atoms with Gasteiger partial charge in [0.25, 0.3) is 5.91 Å². The third kappa shape index (κ3) is 8.29. The molecule has 4 N–H and O–H groups in total. The first-order chi connectivity index (χ1) is 18.5. The zero-order chi connectivity index (χ0) is 28.6. The van der Waals surface area contributed by atoms with Gasteiger partial charge in [0.2, 0.25) is 0 Å². The van der Waals surface area contributed by atoms with Gasteiger partial charge in [0.15, 0.2) is 0 Å². The van der Waals surface area contributed by atoms with Gasteiger partial charge in [0, 0.05) is 48.2 Å². The van der Waals surface area contributed by atoms with Crippen LogP contribution in [-0.4, -0.2) is 82.0 Å². The molecule has 0 bridgehead atoms. The average Bonchev–Trinajstić information content (AvgIpc) is 3.37. The fourth-order valence-electron chi connectivity index (χ4n) is 3.95. The maximum atomic E-state index is 12.1. The maximum absolute atomic E-state index is 12.1. The Labute approximate surface area is 223 Å². The van der Waals surface area contributed by atoms with Crippen LogP contribution in [0.4, 0.5) is 13.2 Å². The number of aliphatic carboxylic acids is 1. The van der Waals surface area contributed by atoms with Gasteiger partial charge in [-0.05, 0) is 55.6 Å². The van der Waals surface area contributed by atoms with Crippen LogP contribution in [0, 0.1) is 0 Å². The Kier molecular flexibility index (Phi) is 10.1. The first kappa shape index (κ1) is 29.7. The maximum Gasteiger partial charge on any atom is 0.490 e. The zero-order valence-electron chi connectivity index (χ0n) is 21.6. The quantitative estimate of drug-likeness (QED) is 0.321. The molecule has 0 aliphatic carbocycles. The molecular weight excluding hydrogens is 517 g/mol. The van der Waals surface area contributed by atoms with Crippen LogP contribution in [-0.2, 0) is 11.2 Å². The number of amides is 1. The Morgan fingerprint density at radius 3 is 2.38 bits per heavy atom. The van der Waals surface area contributed by atoms with Crippen molar-refractivity contribution in [3.8, 4) is 28.3 Å². The molecule has 0 saturated carbocycles. The molecule has 0 fully saturated rings. The molecule has 1 atom stereocenters. The van der Waals surface area contributed by atoms with Crippen LogP contribution in [0.2, 0.25) is 0 Å². The number of aromatic amines is 1. The SMILES string of the molecule is CCN(CC)CC(O)COc1ccc(-c2cc(-c3cc4c([nH]3)CCNC4=O)ccn2)cc1.O=C(O)C(F)(F)F. The van der Waals surface area contributed by atoms with E-state index in [9.17, 15) is 23.1 Å². The van der Waals surface area contributed by atoms with Crippen molar-refractivity contribution >= 4 is 11.9 Å². The molecule has 3 aromatic rings. The van der Waals surface area contributed by atoms with Crippen molar-refractivity contribution in [1.82, 2.24) is 20.2 Å². The van der Waals surface area contributed by atoms with Gasteiger partial charge in [-0.2, -0.15) is 13.2 Å². The standard InChI is InChI=1S/C25H30N4O3.C2HF3O2/c1-3-29(4-2)15-19(30)16-32-20-7-5-17(6-8-20)23-13-18(9-11-26-23)24-14-21-22(28-24)10-12-27-25(21)31;3-2(4,5)1(6)7/h5-9,11,13-14,19,28,30H,3-4,10,12,15-16H2,1-2H3,(H,27,31);(H,6,7). The van der Waals surface area contributed by atoms with Gasteiger partial charge in [-0.1, -0.05) is 13.8 Å². The van der Waals surface area contributed by atoms with E-state index in [1.807, 2.05) is 42.5 Å². The van der Waals surface area contributed by atoms with E-state index in [0.29, 0.717) is 24.4 Å². The third-order valence-corrected chi connectivity index (χ3v) is 6.07. The number of aliphatic hydroxyl groups excluding tert-OH is 1. The van der Waals surface area contributed by atoms with E-state index in [1.54, 1.807) is 6.20 Å². The molecule has 3 heterocycles. The topological polar surface area (TPSA) is 128 Å². The number of halogens is 3. The van der Waals surface area contributed by atoms with Crippen LogP contribution in [0.5, 0.6) is 5.75 Å². The van der Waals surface area contributed by atoms with Gasteiger partial charge in [-0.25, -0.2) is 4.79 Å². The number of likely N-dealkylation sites (N-methyl/N-ethyl adjacent to an activating group) is 1. The number of pyridine rings is 1. The molecule has 1 aliphatic rings. The number of hydrogen-bond donors (Lipinski definition) is 4. The summed E-state index contributed by atoms with van der Waals surface area (Å²) in [6, 6.07) is 13.6. The lowest BCUT2D eigenvalue weighted by molar-refractivity contribution is -0.192. The smallest absolute Gasteiger partial charge is 0.490 e. The highest BCUT2D eigenvalue weighted by atomic mass is 19.4. The van der Waals surface area contributed by atoms with Crippen molar-refractivity contribution in [3.05, 3.63) is 59.9 Å². The third-order valence-electron chi connectivity index (χ3n) is 6.07. The van der Waals surface area contributed by atoms with E-state index in [4.69, 9.17) is 14.6 Å². The number of hydrogen-bond acceptors (Lipinski definition) is 6. The predicted molar refractivity (Wildman–Crippen MR) is 138 cm³/mol. The molecule has 210 valence electrons. The lowest BCUT2D eigenvalue weighted by Crippen LogP contribution is -2.35. The summed E-state index contributed by atoms with van der Waals surface area (Å²) >= 11 is 0. The molecule has 1 unspecified atom stereocenters. The number of carbonyl (C=O) groups is 2. The highest BCUT2D eigenvalue weighted by molar-refractivity contribution is 5.97. The number of rotatable bonds is 9. The van der Waals surface area contributed by atoms with Crippen molar-refractivity contribution < 1.29 is 37.7 Å². The van der Waals surface area contributed by atoms with Crippen molar-refractivity contribution in [2.45, 2.75) is 32.5 Å². The van der Waals surface area contributed by atoms with Crippen molar-refractivity contribution in [1.29, 1.82) is 0 Å². The number of carboxylic acid groups (broad SMARTS) is 1. The molecule has 4 rings (SSSR count). The summed E-state index contributed by atoms with van der Waals surface area (Å²) < 4.78 is 37.5. The van der Waals surface area contributed by atoms with Gasteiger partial charge in [-0.3, -0.25) is 9.78 Å². The van der Waals surface area contributed by atoms with Crippen LogP contribution in [0.1, 0.15) is 29.9 Å². The summed E-state index contributed by atoms with van der Waals surface area (Å²) in [5.41, 5.74) is 5.40. The Balaban J connectivity index is 0.000000532. The lowest BCUT2D eigenvalue weighted by Gasteiger charge is -2.21. The highest BCUT2D eigenvalue weighted by Crippen LogP contribution is 2.28. The molecule has 0 radical (unpaired) electrons. The summed E-state index contributed by atoms with van der Waals surface area (Å²) in [5.74, 6) is -2.07. The summed E-state index contributed by atoms with van der Waals surface area (Å²) in [4.78, 5) is 31.0. The molecule has 0 saturated heterocycles. The Morgan fingerprint density at radius 1 is 1.13 bits per heavy atom. The first-order valence-electron chi connectivity index (χ1n) is 12.4. The summed E-state index contributed by atoms with van der Waals surface area (Å²) in [5, 5.41) is 20.2. The fourth-order valence-corrected chi connectivity index (χ4v) is 3.95. The van der Waals surface area contributed by atoms with E-state index in [2.05, 4.69) is 34.0 Å². The number of nitrogens with one attached hydrogen (secondary N) is 2. The number of alkyl halides is 3. The highest BCUT2D eigenvalue weighted by Gasteiger charge is 2.38. The second-order valence-electron chi connectivity index (χ2n) is 8.79. The number of benzene rings is 1. The molecule has 12 heteroatoms. The first-order valence-corrected chi connectivity index (χ1v) is 12.4. The van der Waals surface area contributed by atoms with Gasteiger partial charge in [-0.15, -0.1) is 0 Å². The van der Waals surface area contributed by atoms with Crippen LogP contribution in [0.3, 0.4) is 0 Å². The Morgan fingerprint density at radius 2 is 1.79 bits per heavy atom. The summed E-state index contributed by atoms with van der Waals surface area (Å²) in [7, 11) is 0. The van der Waals surface area contributed by atoms with E-state index in [0.717, 1.165) is 47.7 Å². The van der Waals surface area contributed by atoms with E-state index < -0.39 is 18.2 Å². The normalized spacial score (nSPS) is 13.7. The fraction of sp³-hybridized carbons (Fsp3) is 0.370. The second-order valence-corrected chi connectivity index (χ2v) is 8.79. The molecular formula is C27H31F3N4O5. The van der Waals surface area contributed by atoms with E-state index in [1.165, 1.54) is 0 Å². The number of carboxylic acids is 1. The minimum absolute atomic E-state index is 0.0270. The molecule has 2 aromatic heterocycles. The molecule has 1 aromatic carbocycles. The monoisotopic (exact) mass is 548 g/mol. The number of ether oxygens (including phenoxy) is 1. The van der Waals surface area contributed by atoms with Crippen molar-refractivity contribution in [3.63, 3.8) is 0 Å². The number of nitrogens with zero attached hydrogens (tertiary/aromatic N) is 2. The Hall–Kier alpha value is -3.90. The van der Waals surface area contributed by atoms with Gasteiger partial charge < -0.3 is 30.2 Å². The molecule has 1 aliphatic heterocycles. The second kappa shape index (κ2) is 13.3. The van der Waals surface area contributed by atoms with E-state index in [-0.39, 0.29) is 12.5 Å². The minimum Gasteiger partial charge on any atom is -0.491 e. The largest absolute Gasteiger partial charge is 0.491 e. The van der Waals surface area contributed by atoms with Gasteiger partial charge >= 0.3 is 12.1 Å². The molecule has 39 heavy (non-hydrogen) atoms. The average molecular weight is 549 g/mol.